The quantitative estimate of drug-likeness (QED) is 0.786. The fourth-order valence-corrected chi connectivity index (χ4v) is 6.06. The van der Waals surface area contributed by atoms with Gasteiger partial charge in [0.25, 0.3) is 0 Å². The summed E-state index contributed by atoms with van der Waals surface area (Å²) in [4.78, 5) is 19.4. The highest BCUT2D eigenvalue weighted by atomic mass is 32.1. The van der Waals surface area contributed by atoms with Gasteiger partial charge in [-0.05, 0) is 37.6 Å². The van der Waals surface area contributed by atoms with Crippen LogP contribution in [-0.4, -0.2) is 49.9 Å². The number of amides is 1. The Morgan fingerprint density at radius 1 is 1.24 bits per heavy atom. The molecule has 0 radical (unpaired) electrons. The third-order valence-corrected chi connectivity index (χ3v) is 7.77. The van der Waals surface area contributed by atoms with Crippen LogP contribution in [0.25, 0.3) is 0 Å². The second-order valence-electron chi connectivity index (χ2n) is 9.01. The number of fused-ring (bicyclic) bond motifs is 3. The van der Waals surface area contributed by atoms with Gasteiger partial charge in [-0.2, -0.15) is 0 Å². The monoisotopic (exact) mass is 414 g/mol. The van der Waals surface area contributed by atoms with Crippen LogP contribution in [0.2, 0.25) is 0 Å². The molecule has 1 aliphatic carbocycles. The molecule has 156 valence electrons. The van der Waals surface area contributed by atoms with Crippen molar-refractivity contribution in [3.63, 3.8) is 0 Å². The van der Waals surface area contributed by atoms with Gasteiger partial charge in [0.1, 0.15) is 0 Å². The Labute approximate surface area is 175 Å². The summed E-state index contributed by atoms with van der Waals surface area (Å²) in [6, 6.07) is 0.460. The minimum Gasteiger partial charge on any atom is -0.302 e. The highest BCUT2D eigenvalue weighted by Crippen LogP contribution is 2.37. The molecule has 2 aromatic rings. The molecule has 1 saturated carbocycles. The topological polar surface area (TPSA) is 75.9 Å². The van der Waals surface area contributed by atoms with Gasteiger partial charge in [0, 0.05) is 30.4 Å². The van der Waals surface area contributed by atoms with Crippen LogP contribution in [-0.2, 0) is 17.8 Å². The van der Waals surface area contributed by atoms with Crippen LogP contribution in [0.4, 0.5) is 5.13 Å². The summed E-state index contributed by atoms with van der Waals surface area (Å²) in [6.45, 7) is 2.81. The molecule has 2 aromatic heterocycles. The normalized spacial score (nSPS) is 29.8. The van der Waals surface area contributed by atoms with Gasteiger partial charge in [-0.1, -0.05) is 37.3 Å². The second kappa shape index (κ2) is 8.52. The van der Waals surface area contributed by atoms with Crippen LogP contribution in [0.1, 0.15) is 50.6 Å². The smallest absolute Gasteiger partial charge is 0.230 e. The average Bonchev–Trinajstić information content (AvgIpc) is 3.41. The van der Waals surface area contributed by atoms with E-state index in [1.165, 1.54) is 43.4 Å². The third-order valence-electron chi connectivity index (χ3n) is 7.08. The molecule has 0 spiro atoms. The highest BCUT2D eigenvalue weighted by molar-refractivity contribution is 7.13. The number of piperidine rings is 3. The van der Waals surface area contributed by atoms with E-state index in [0.717, 1.165) is 50.5 Å². The lowest BCUT2D eigenvalue weighted by molar-refractivity contribution is -0.127. The number of hydrogen-bond acceptors (Lipinski definition) is 6. The Morgan fingerprint density at radius 2 is 2.14 bits per heavy atom. The van der Waals surface area contributed by atoms with Crippen LogP contribution in [0, 0.1) is 17.8 Å². The molecule has 0 aromatic carbocycles. The van der Waals surface area contributed by atoms with Gasteiger partial charge in [-0.3, -0.25) is 14.4 Å². The van der Waals surface area contributed by atoms with Gasteiger partial charge in [0.2, 0.25) is 5.91 Å². The minimum absolute atomic E-state index is 0.0708. The zero-order valence-corrected chi connectivity index (χ0v) is 17.7. The largest absolute Gasteiger partial charge is 0.302 e. The summed E-state index contributed by atoms with van der Waals surface area (Å²) in [5.74, 6) is 1.45. The molecule has 5 heterocycles. The maximum Gasteiger partial charge on any atom is 0.230 e. The summed E-state index contributed by atoms with van der Waals surface area (Å²) in [6.07, 6.45) is 14.0. The van der Waals surface area contributed by atoms with Crippen LogP contribution < -0.4 is 5.32 Å². The number of hydrogen-bond donors (Lipinski definition) is 1. The van der Waals surface area contributed by atoms with Gasteiger partial charge in [-0.25, -0.2) is 4.98 Å². The molecule has 4 atom stereocenters. The number of anilines is 1. The van der Waals surface area contributed by atoms with E-state index in [1.54, 1.807) is 6.20 Å². The number of carbonyl (C=O) groups excluding carboxylic acids is 1. The Hall–Kier alpha value is -1.80. The van der Waals surface area contributed by atoms with Crippen LogP contribution in [0.5, 0.6) is 0 Å². The van der Waals surface area contributed by atoms with Gasteiger partial charge >= 0.3 is 0 Å². The molecule has 1 amide bonds. The zero-order chi connectivity index (χ0) is 19.6. The van der Waals surface area contributed by atoms with E-state index in [2.05, 4.69) is 31.7 Å². The summed E-state index contributed by atoms with van der Waals surface area (Å²) in [7, 11) is 0. The first-order chi connectivity index (χ1) is 14.2. The van der Waals surface area contributed by atoms with Crippen LogP contribution in [0.3, 0.4) is 0 Å². The van der Waals surface area contributed by atoms with Gasteiger partial charge in [0.15, 0.2) is 5.13 Å². The first-order valence-electron chi connectivity index (χ1n) is 11.1. The molecule has 8 heteroatoms. The van der Waals surface area contributed by atoms with E-state index < -0.39 is 0 Å². The van der Waals surface area contributed by atoms with Crippen molar-refractivity contribution < 1.29 is 4.79 Å². The van der Waals surface area contributed by atoms with Crippen molar-refractivity contribution in [2.45, 2.75) is 64.0 Å². The number of carbonyl (C=O) groups is 1. The van der Waals surface area contributed by atoms with E-state index in [0.29, 0.717) is 17.1 Å². The molecular weight excluding hydrogens is 384 g/mol. The van der Waals surface area contributed by atoms with E-state index in [-0.39, 0.29) is 11.8 Å². The van der Waals surface area contributed by atoms with Crippen LogP contribution >= 0.6 is 11.3 Å². The minimum atomic E-state index is 0.0708. The van der Waals surface area contributed by atoms with Crippen molar-refractivity contribution in [1.82, 2.24) is 24.9 Å². The number of nitrogens with one attached hydrogen (secondary N) is 1. The van der Waals surface area contributed by atoms with Crippen molar-refractivity contribution in [3.05, 3.63) is 23.5 Å². The SMILES string of the molecule is O=C(Nc1nccs1)[C@@H]1CN2CC[C@@H]1C[C@@H]2Cn1cc(CC2CCCCC2)nn1. The first kappa shape index (κ1) is 19.2. The third kappa shape index (κ3) is 4.38. The summed E-state index contributed by atoms with van der Waals surface area (Å²) in [5.41, 5.74) is 1.15. The summed E-state index contributed by atoms with van der Waals surface area (Å²) >= 11 is 1.48. The lowest BCUT2D eigenvalue weighted by atomic mass is 9.75. The predicted octanol–water partition coefficient (Wildman–Crippen LogP) is 3.21. The molecule has 29 heavy (non-hydrogen) atoms. The highest BCUT2D eigenvalue weighted by Gasteiger charge is 2.43. The number of aromatic nitrogens is 4. The molecule has 1 N–H and O–H groups in total. The second-order valence-corrected chi connectivity index (χ2v) is 9.90. The Balaban J connectivity index is 1.16. The van der Waals surface area contributed by atoms with Crippen molar-refractivity contribution in [3.8, 4) is 0 Å². The fourth-order valence-electron chi connectivity index (χ4n) is 5.53. The molecule has 3 aliphatic heterocycles. The summed E-state index contributed by atoms with van der Waals surface area (Å²) < 4.78 is 2.04. The number of thiazole rings is 1. The standard InChI is InChI=1S/C21H30N6OS/c28-20(23-21-22-7-9-29-21)19-14-26-8-6-16(19)11-18(26)13-27-12-17(24-25-27)10-15-4-2-1-3-5-15/h7,9,12,15-16,18-19H,1-6,8,10-11,13-14H2,(H,22,23,28)/t16-,18-,19-/m1/s1. The molecule has 1 unspecified atom stereocenters. The number of rotatable bonds is 6. The molecule has 7 nitrogen and oxygen atoms in total. The molecule has 2 bridgehead atoms. The number of nitrogens with zero attached hydrogens (tertiary/aromatic N) is 5. The first-order valence-corrected chi connectivity index (χ1v) is 12.0. The Bertz CT molecular complexity index is 815. The average molecular weight is 415 g/mol. The molecular formula is C21H30N6OS. The van der Waals surface area contributed by atoms with Gasteiger partial charge in [-0.15, -0.1) is 16.4 Å². The van der Waals surface area contributed by atoms with Crippen molar-refractivity contribution in [1.29, 1.82) is 0 Å². The van der Waals surface area contributed by atoms with Gasteiger partial charge < -0.3 is 5.32 Å². The van der Waals surface area contributed by atoms with Crippen molar-refractivity contribution in [2.24, 2.45) is 17.8 Å². The maximum atomic E-state index is 12.7. The van der Waals surface area contributed by atoms with E-state index in [9.17, 15) is 4.79 Å². The van der Waals surface area contributed by atoms with Crippen LogP contribution in [0.15, 0.2) is 17.8 Å². The van der Waals surface area contributed by atoms with Gasteiger partial charge in [0.05, 0.1) is 18.2 Å². The Kier molecular flexibility index (Phi) is 5.63. The maximum absolute atomic E-state index is 12.7. The van der Waals surface area contributed by atoms with Crippen molar-refractivity contribution >= 4 is 22.4 Å². The Morgan fingerprint density at radius 3 is 2.90 bits per heavy atom. The molecule has 4 fully saturated rings. The molecule has 6 rings (SSSR count). The predicted molar refractivity (Wildman–Crippen MR) is 113 cm³/mol. The lowest BCUT2D eigenvalue weighted by Gasteiger charge is -2.49. The van der Waals surface area contributed by atoms with Crippen molar-refractivity contribution in [2.75, 3.05) is 18.4 Å². The van der Waals surface area contributed by atoms with E-state index in [1.807, 2.05) is 10.1 Å². The van der Waals surface area contributed by atoms with E-state index in [4.69, 9.17) is 0 Å². The molecule has 4 aliphatic rings. The zero-order valence-electron chi connectivity index (χ0n) is 16.9. The lowest BCUT2D eigenvalue weighted by Crippen LogP contribution is -2.57. The summed E-state index contributed by atoms with van der Waals surface area (Å²) in [5, 5.41) is 14.5. The van der Waals surface area contributed by atoms with E-state index >= 15 is 0 Å². The fraction of sp³-hybridized carbons (Fsp3) is 0.714. The molecule has 3 saturated heterocycles.